The molecule has 0 saturated carbocycles. The molecule has 3 nitrogen and oxygen atoms in total. The number of hydrogen-bond donors (Lipinski definition) is 1. The van der Waals surface area contributed by atoms with Gasteiger partial charge >= 0.3 is 5.63 Å². The lowest BCUT2D eigenvalue weighted by molar-refractivity contribution is 0.412. The van der Waals surface area contributed by atoms with E-state index in [2.05, 4.69) is 0 Å². The van der Waals surface area contributed by atoms with Gasteiger partial charge in [-0.25, -0.2) is 4.79 Å². The molecule has 1 N–H and O–H groups in total. The van der Waals surface area contributed by atoms with Gasteiger partial charge < -0.3 is 9.52 Å². The van der Waals surface area contributed by atoms with E-state index >= 15 is 0 Å². The van der Waals surface area contributed by atoms with Gasteiger partial charge in [-0.05, 0) is 19.3 Å². The van der Waals surface area contributed by atoms with Crippen molar-refractivity contribution in [2.24, 2.45) is 0 Å². The van der Waals surface area contributed by atoms with Crippen molar-refractivity contribution in [3.05, 3.63) is 27.8 Å². The predicted molar refractivity (Wildman–Crippen MR) is 54.7 cm³/mol. The third-order valence-electron chi connectivity index (χ3n) is 2.30. The Bertz CT molecular complexity index is 365. The first-order valence-corrected chi connectivity index (χ1v) is 4.89. The van der Waals surface area contributed by atoms with Crippen LogP contribution in [-0.2, 0) is 0 Å². The van der Waals surface area contributed by atoms with Gasteiger partial charge in [0.2, 0.25) is 0 Å². The number of aryl methyl sites for hydroxylation is 1. The topological polar surface area (TPSA) is 50.4 Å². The Balaban J connectivity index is 3.14. The molecule has 1 rings (SSSR count). The van der Waals surface area contributed by atoms with Crippen molar-refractivity contribution in [3.63, 3.8) is 0 Å². The fourth-order valence-corrected chi connectivity index (χ4v) is 1.64. The first kappa shape index (κ1) is 10.8. The number of aromatic hydroxyl groups is 1. The summed E-state index contributed by atoms with van der Waals surface area (Å²) in [5.74, 6) is 0.552. The van der Waals surface area contributed by atoms with E-state index in [1.807, 2.05) is 13.8 Å². The molecule has 0 aromatic carbocycles. The van der Waals surface area contributed by atoms with Crippen molar-refractivity contribution in [3.8, 4) is 5.75 Å². The van der Waals surface area contributed by atoms with Crippen LogP contribution in [0.25, 0.3) is 0 Å². The highest BCUT2D eigenvalue weighted by atomic mass is 16.4. The Labute approximate surface area is 83.4 Å². The van der Waals surface area contributed by atoms with Crippen LogP contribution in [0.5, 0.6) is 5.75 Å². The molecule has 14 heavy (non-hydrogen) atoms. The molecule has 0 fully saturated rings. The Hall–Kier alpha value is -1.25. The number of rotatable bonds is 3. The summed E-state index contributed by atoms with van der Waals surface area (Å²) in [6.45, 7) is 5.61. The Morgan fingerprint density at radius 1 is 1.57 bits per heavy atom. The molecule has 1 aromatic rings. The predicted octanol–water partition coefficient (Wildman–Crippen LogP) is 2.56. The second-order valence-electron chi connectivity index (χ2n) is 3.63. The summed E-state index contributed by atoms with van der Waals surface area (Å²) < 4.78 is 4.94. The maximum absolute atomic E-state index is 11.5. The molecular formula is C11H16O3. The molecule has 1 heterocycles. The summed E-state index contributed by atoms with van der Waals surface area (Å²) in [7, 11) is 0. The highest BCUT2D eigenvalue weighted by molar-refractivity contribution is 5.32. The van der Waals surface area contributed by atoms with E-state index in [1.54, 1.807) is 6.92 Å². The standard InChI is InChI=1S/C11H16O3/c1-4-5-7(2)10-9(12)6-8(3)14-11(10)13/h6-7,12H,4-5H2,1-3H3. The Morgan fingerprint density at radius 3 is 2.71 bits per heavy atom. The first-order valence-electron chi connectivity index (χ1n) is 4.89. The van der Waals surface area contributed by atoms with Crippen LogP contribution < -0.4 is 5.63 Å². The van der Waals surface area contributed by atoms with Crippen LogP contribution in [0.3, 0.4) is 0 Å². The maximum Gasteiger partial charge on any atom is 0.343 e. The van der Waals surface area contributed by atoms with E-state index in [0.29, 0.717) is 11.3 Å². The van der Waals surface area contributed by atoms with Crippen LogP contribution in [-0.4, -0.2) is 5.11 Å². The van der Waals surface area contributed by atoms with E-state index in [-0.39, 0.29) is 11.7 Å². The fraction of sp³-hybridized carbons (Fsp3) is 0.545. The van der Waals surface area contributed by atoms with Gasteiger partial charge in [-0.3, -0.25) is 0 Å². The molecule has 78 valence electrons. The fourth-order valence-electron chi connectivity index (χ4n) is 1.64. The van der Waals surface area contributed by atoms with E-state index < -0.39 is 5.63 Å². The van der Waals surface area contributed by atoms with Gasteiger partial charge in [0.1, 0.15) is 11.5 Å². The lowest BCUT2D eigenvalue weighted by Gasteiger charge is -2.10. The zero-order valence-electron chi connectivity index (χ0n) is 8.83. The third kappa shape index (κ3) is 2.16. The highest BCUT2D eigenvalue weighted by Crippen LogP contribution is 2.26. The van der Waals surface area contributed by atoms with Gasteiger partial charge in [-0.1, -0.05) is 20.3 Å². The van der Waals surface area contributed by atoms with Crippen LogP contribution >= 0.6 is 0 Å². The zero-order chi connectivity index (χ0) is 10.7. The minimum absolute atomic E-state index is 0.0526. The average Bonchev–Trinajstić information content (AvgIpc) is 2.01. The van der Waals surface area contributed by atoms with Crippen molar-refractivity contribution >= 4 is 0 Å². The maximum atomic E-state index is 11.5. The lowest BCUT2D eigenvalue weighted by atomic mass is 9.97. The summed E-state index contributed by atoms with van der Waals surface area (Å²) in [5.41, 5.74) is -0.0131. The van der Waals surface area contributed by atoms with Gasteiger partial charge in [0, 0.05) is 6.07 Å². The molecule has 1 aromatic heterocycles. The Morgan fingerprint density at radius 2 is 2.21 bits per heavy atom. The van der Waals surface area contributed by atoms with Crippen LogP contribution in [0, 0.1) is 6.92 Å². The highest BCUT2D eigenvalue weighted by Gasteiger charge is 2.15. The zero-order valence-corrected chi connectivity index (χ0v) is 8.83. The second-order valence-corrected chi connectivity index (χ2v) is 3.63. The smallest absolute Gasteiger partial charge is 0.343 e. The largest absolute Gasteiger partial charge is 0.507 e. The molecule has 0 bridgehead atoms. The first-order chi connectivity index (χ1) is 6.56. The van der Waals surface area contributed by atoms with Crippen molar-refractivity contribution in [1.29, 1.82) is 0 Å². The summed E-state index contributed by atoms with van der Waals surface area (Å²) in [5, 5.41) is 9.61. The molecule has 0 spiro atoms. The van der Waals surface area contributed by atoms with Gasteiger partial charge in [-0.15, -0.1) is 0 Å². The van der Waals surface area contributed by atoms with E-state index in [4.69, 9.17) is 4.42 Å². The normalized spacial score (nSPS) is 12.8. The molecule has 0 aliphatic carbocycles. The molecule has 3 heteroatoms. The summed E-state index contributed by atoms with van der Waals surface area (Å²) in [6, 6.07) is 1.49. The van der Waals surface area contributed by atoms with Crippen LogP contribution in [0.1, 0.15) is 43.9 Å². The average molecular weight is 196 g/mol. The van der Waals surface area contributed by atoms with Crippen molar-refractivity contribution in [1.82, 2.24) is 0 Å². The van der Waals surface area contributed by atoms with Crippen molar-refractivity contribution < 1.29 is 9.52 Å². The third-order valence-corrected chi connectivity index (χ3v) is 2.30. The molecule has 0 radical (unpaired) electrons. The van der Waals surface area contributed by atoms with E-state index in [9.17, 15) is 9.90 Å². The van der Waals surface area contributed by atoms with Crippen LogP contribution in [0.15, 0.2) is 15.3 Å². The molecule has 0 saturated heterocycles. The van der Waals surface area contributed by atoms with Crippen LogP contribution in [0.4, 0.5) is 0 Å². The lowest BCUT2D eigenvalue weighted by Crippen LogP contribution is -2.11. The number of hydrogen-bond acceptors (Lipinski definition) is 3. The van der Waals surface area contributed by atoms with Gasteiger partial charge in [-0.2, -0.15) is 0 Å². The second kappa shape index (κ2) is 4.31. The molecule has 0 aliphatic rings. The summed E-state index contributed by atoms with van der Waals surface area (Å²) >= 11 is 0. The van der Waals surface area contributed by atoms with Crippen LogP contribution in [0.2, 0.25) is 0 Å². The monoisotopic (exact) mass is 196 g/mol. The van der Waals surface area contributed by atoms with E-state index in [0.717, 1.165) is 12.8 Å². The minimum atomic E-state index is -0.413. The van der Waals surface area contributed by atoms with Crippen molar-refractivity contribution in [2.45, 2.75) is 39.5 Å². The molecule has 0 amide bonds. The molecular weight excluding hydrogens is 180 g/mol. The minimum Gasteiger partial charge on any atom is -0.507 e. The Kier molecular flexibility index (Phi) is 3.33. The molecule has 0 aliphatic heterocycles. The molecule has 1 atom stereocenters. The van der Waals surface area contributed by atoms with E-state index in [1.165, 1.54) is 6.07 Å². The summed E-state index contributed by atoms with van der Waals surface area (Å²) in [4.78, 5) is 11.5. The molecule has 1 unspecified atom stereocenters. The van der Waals surface area contributed by atoms with Crippen molar-refractivity contribution in [2.75, 3.05) is 0 Å². The summed E-state index contributed by atoms with van der Waals surface area (Å²) in [6.07, 6.45) is 1.86. The quantitative estimate of drug-likeness (QED) is 0.808. The van der Waals surface area contributed by atoms with Gasteiger partial charge in [0.15, 0.2) is 0 Å². The van der Waals surface area contributed by atoms with Gasteiger partial charge in [0.25, 0.3) is 0 Å². The van der Waals surface area contributed by atoms with Gasteiger partial charge in [0.05, 0.1) is 5.56 Å². The SMILES string of the molecule is CCCC(C)c1c(O)cc(C)oc1=O.